The fourth-order valence-electron chi connectivity index (χ4n) is 3.84. The van der Waals surface area contributed by atoms with E-state index >= 15 is 0 Å². The lowest BCUT2D eigenvalue weighted by molar-refractivity contribution is -0.138. The molecule has 35 heavy (non-hydrogen) atoms. The molecule has 184 valence electrons. The lowest BCUT2D eigenvalue weighted by atomic mass is 10.1. The van der Waals surface area contributed by atoms with E-state index in [0.29, 0.717) is 34.9 Å². The van der Waals surface area contributed by atoms with Crippen molar-refractivity contribution in [2.45, 2.75) is 38.6 Å². The summed E-state index contributed by atoms with van der Waals surface area (Å²) in [6.07, 6.45) is -2.16. The van der Waals surface area contributed by atoms with Crippen molar-refractivity contribution < 1.29 is 32.9 Å². The molecule has 2 aromatic carbocycles. The molecular weight excluding hydrogens is 481 g/mol. The molecule has 4 rings (SSSR count). The normalized spacial score (nSPS) is 12.7. The Morgan fingerprint density at radius 3 is 2.57 bits per heavy atom. The van der Waals surface area contributed by atoms with Crippen LogP contribution in [0.4, 0.5) is 13.2 Å². The molecule has 0 spiro atoms. The Morgan fingerprint density at radius 2 is 1.91 bits per heavy atom. The Labute approximate surface area is 203 Å². The van der Waals surface area contributed by atoms with Crippen molar-refractivity contribution in [3.05, 3.63) is 70.9 Å². The van der Waals surface area contributed by atoms with Crippen molar-refractivity contribution in [1.82, 2.24) is 9.55 Å². The number of fused-ring (bicyclic) bond motifs is 1. The highest BCUT2D eigenvalue weighted by Gasteiger charge is 2.30. The largest absolute Gasteiger partial charge is 0.485 e. The summed E-state index contributed by atoms with van der Waals surface area (Å²) in [6.45, 7) is 1.62. The van der Waals surface area contributed by atoms with E-state index in [0.717, 1.165) is 27.9 Å². The summed E-state index contributed by atoms with van der Waals surface area (Å²) in [7, 11) is 0. The van der Waals surface area contributed by atoms with Gasteiger partial charge in [0.1, 0.15) is 23.4 Å². The van der Waals surface area contributed by atoms with Crippen molar-refractivity contribution in [2.75, 3.05) is 6.61 Å². The molecule has 0 radical (unpaired) electrons. The van der Waals surface area contributed by atoms with Gasteiger partial charge < -0.3 is 19.5 Å². The van der Waals surface area contributed by atoms with Gasteiger partial charge in [-0.3, -0.25) is 4.79 Å². The number of aromatic nitrogens is 2. The van der Waals surface area contributed by atoms with Crippen LogP contribution in [0, 0.1) is 6.92 Å². The number of aliphatic carboxylic acids is 1. The van der Waals surface area contributed by atoms with Crippen molar-refractivity contribution in [3.63, 3.8) is 0 Å². The van der Waals surface area contributed by atoms with Gasteiger partial charge in [-0.25, -0.2) is 4.98 Å². The number of hydrogen-bond donors (Lipinski definition) is 2. The second-order valence-electron chi connectivity index (χ2n) is 8.07. The molecule has 0 amide bonds. The number of rotatable bonds is 9. The Morgan fingerprint density at radius 1 is 1.17 bits per heavy atom. The maximum absolute atomic E-state index is 12.9. The molecule has 6 nitrogen and oxygen atoms in total. The number of hydrogen-bond acceptors (Lipinski definition) is 5. The topological polar surface area (TPSA) is 84.6 Å². The van der Waals surface area contributed by atoms with E-state index < -0.39 is 23.8 Å². The molecule has 0 saturated heterocycles. The van der Waals surface area contributed by atoms with Crippen LogP contribution in [-0.2, 0) is 17.5 Å². The van der Waals surface area contributed by atoms with Gasteiger partial charge in [0.05, 0.1) is 21.7 Å². The number of ether oxygens (including phenoxy) is 1. The predicted octanol–water partition coefficient (Wildman–Crippen LogP) is 6.07. The quantitative estimate of drug-likeness (QED) is 0.289. The highest BCUT2D eigenvalue weighted by molar-refractivity contribution is 7.15. The minimum atomic E-state index is -4.41. The number of aryl methyl sites for hydroxylation is 1. The first-order valence-electron chi connectivity index (χ1n) is 10.9. The highest BCUT2D eigenvalue weighted by Crippen LogP contribution is 2.38. The summed E-state index contributed by atoms with van der Waals surface area (Å²) < 4.78 is 46.6. The standard InChI is InChI=1S/C25H23F3N2O4S/c1-15-23(35-24(29-15)17-4-7-18(8-5-17)25(26,27)28)21(3-2-12-31)34-19-9-6-16-10-11-30(14-22(32)33)20(16)13-19/h4-11,13,21,31H,2-3,12,14H2,1H3,(H,32,33). The number of benzene rings is 2. The predicted molar refractivity (Wildman–Crippen MR) is 127 cm³/mol. The number of nitrogens with zero attached hydrogens (tertiary/aromatic N) is 2. The zero-order valence-electron chi connectivity index (χ0n) is 18.7. The molecule has 2 aromatic heterocycles. The molecule has 1 atom stereocenters. The minimum Gasteiger partial charge on any atom is -0.485 e. The van der Waals surface area contributed by atoms with Crippen molar-refractivity contribution in [3.8, 4) is 16.3 Å². The molecule has 0 bridgehead atoms. The molecule has 0 fully saturated rings. The molecule has 4 aromatic rings. The van der Waals surface area contributed by atoms with Crippen LogP contribution in [0.3, 0.4) is 0 Å². The fraction of sp³-hybridized carbons (Fsp3) is 0.280. The van der Waals surface area contributed by atoms with Crippen LogP contribution in [0.25, 0.3) is 21.5 Å². The van der Waals surface area contributed by atoms with Gasteiger partial charge in [0.15, 0.2) is 0 Å². The number of carbonyl (C=O) groups is 1. The van der Waals surface area contributed by atoms with E-state index in [4.69, 9.17) is 9.84 Å². The monoisotopic (exact) mass is 504 g/mol. The molecule has 0 aliphatic heterocycles. The van der Waals surface area contributed by atoms with Gasteiger partial charge in [-0.2, -0.15) is 13.2 Å². The number of alkyl halides is 3. The number of aliphatic hydroxyl groups excluding tert-OH is 1. The summed E-state index contributed by atoms with van der Waals surface area (Å²) in [6, 6.07) is 12.1. The van der Waals surface area contributed by atoms with E-state index in [-0.39, 0.29) is 13.2 Å². The van der Waals surface area contributed by atoms with E-state index in [2.05, 4.69) is 4.98 Å². The van der Waals surface area contributed by atoms with Gasteiger partial charge >= 0.3 is 12.1 Å². The van der Waals surface area contributed by atoms with E-state index in [1.165, 1.54) is 23.5 Å². The number of carboxylic acid groups (broad SMARTS) is 1. The van der Waals surface area contributed by atoms with E-state index in [1.807, 2.05) is 19.1 Å². The number of halogens is 3. The molecule has 10 heteroatoms. The SMILES string of the molecule is Cc1nc(-c2ccc(C(F)(F)F)cc2)sc1C(CCCO)Oc1ccc2ccn(CC(=O)O)c2c1. The van der Waals surface area contributed by atoms with Crippen LogP contribution < -0.4 is 4.74 Å². The van der Waals surface area contributed by atoms with Crippen molar-refractivity contribution >= 4 is 28.2 Å². The average molecular weight is 505 g/mol. The zero-order chi connectivity index (χ0) is 25.2. The van der Waals surface area contributed by atoms with Crippen LogP contribution in [0.2, 0.25) is 0 Å². The Kier molecular flexibility index (Phi) is 7.13. The maximum Gasteiger partial charge on any atom is 0.416 e. The summed E-state index contributed by atoms with van der Waals surface area (Å²) in [5.41, 5.74) is 1.27. The summed E-state index contributed by atoms with van der Waals surface area (Å²) in [4.78, 5) is 16.5. The maximum atomic E-state index is 12.9. The van der Waals surface area contributed by atoms with Crippen LogP contribution in [0.1, 0.15) is 35.1 Å². The second kappa shape index (κ2) is 10.1. The molecule has 1 unspecified atom stereocenters. The summed E-state index contributed by atoms with van der Waals surface area (Å²) in [5.74, 6) is -0.416. The first-order valence-corrected chi connectivity index (χ1v) is 11.7. The van der Waals surface area contributed by atoms with Gasteiger partial charge in [-0.15, -0.1) is 11.3 Å². The summed E-state index contributed by atoms with van der Waals surface area (Å²) in [5, 5.41) is 20.0. The second-order valence-corrected chi connectivity index (χ2v) is 9.10. The van der Waals surface area contributed by atoms with Crippen molar-refractivity contribution in [1.29, 1.82) is 0 Å². The lowest BCUT2D eigenvalue weighted by Crippen LogP contribution is -2.09. The average Bonchev–Trinajstić information content (AvgIpc) is 3.39. The highest BCUT2D eigenvalue weighted by atomic mass is 32.1. The third-order valence-corrected chi connectivity index (χ3v) is 6.84. The van der Waals surface area contributed by atoms with Crippen LogP contribution in [-0.4, -0.2) is 32.3 Å². The zero-order valence-corrected chi connectivity index (χ0v) is 19.6. The van der Waals surface area contributed by atoms with Crippen LogP contribution in [0.15, 0.2) is 54.7 Å². The third-order valence-electron chi connectivity index (χ3n) is 5.54. The van der Waals surface area contributed by atoms with Crippen LogP contribution in [0.5, 0.6) is 5.75 Å². The van der Waals surface area contributed by atoms with Gasteiger partial charge in [0.2, 0.25) is 0 Å². The molecule has 0 saturated carbocycles. The van der Waals surface area contributed by atoms with Crippen LogP contribution >= 0.6 is 11.3 Å². The van der Waals surface area contributed by atoms with Gasteiger partial charge in [-0.05, 0) is 55.5 Å². The number of aliphatic hydroxyl groups is 1. The third kappa shape index (κ3) is 5.66. The Hall–Kier alpha value is -3.37. The number of thiazole rings is 1. The fourth-order valence-corrected chi connectivity index (χ4v) is 4.97. The first kappa shape index (κ1) is 24.7. The van der Waals surface area contributed by atoms with Crippen molar-refractivity contribution in [2.24, 2.45) is 0 Å². The first-order chi connectivity index (χ1) is 16.7. The molecular formula is C25H23F3N2O4S. The van der Waals surface area contributed by atoms with Gasteiger partial charge in [0.25, 0.3) is 0 Å². The molecule has 2 N–H and O–H groups in total. The smallest absolute Gasteiger partial charge is 0.416 e. The Balaban J connectivity index is 1.63. The molecule has 0 aliphatic rings. The van der Waals surface area contributed by atoms with E-state index in [9.17, 15) is 23.1 Å². The summed E-state index contributed by atoms with van der Waals surface area (Å²) >= 11 is 1.34. The Bertz CT molecular complexity index is 1330. The van der Waals surface area contributed by atoms with E-state index in [1.54, 1.807) is 22.9 Å². The molecule has 2 heterocycles. The molecule has 0 aliphatic carbocycles. The van der Waals surface area contributed by atoms with Gasteiger partial charge in [0, 0.05) is 24.4 Å². The lowest BCUT2D eigenvalue weighted by Gasteiger charge is -2.18. The van der Waals surface area contributed by atoms with Gasteiger partial charge in [-0.1, -0.05) is 12.1 Å². The minimum absolute atomic E-state index is 0.0238. The number of carboxylic acids is 1.